The van der Waals surface area contributed by atoms with Gasteiger partial charge in [-0.25, -0.2) is 13.4 Å². The first-order chi connectivity index (χ1) is 14.6. The predicted molar refractivity (Wildman–Crippen MR) is 112 cm³/mol. The van der Waals surface area contributed by atoms with Gasteiger partial charge in [0, 0.05) is 49.6 Å². The number of anilines is 1. The van der Waals surface area contributed by atoms with Gasteiger partial charge in [0.05, 0.1) is 10.5 Å². The largest absolute Gasteiger partial charge is 0.416 e. The summed E-state index contributed by atoms with van der Waals surface area (Å²) < 4.78 is 66.1. The van der Waals surface area contributed by atoms with Gasteiger partial charge in [-0.05, 0) is 48.7 Å². The molecule has 0 aliphatic carbocycles. The summed E-state index contributed by atoms with van der Waals surface area (Å²) in [6.07, 6.45) is -0.351. The summed E-state index contributed by atoms with van der Waals surface area (Å²) in [5.41, 5.74) is 0.823. The first-order valence-corrected chi connectivity index (χ1v) is 11.4. The maximum Gasteiger partial charge on any atom is 0.416 e. The van der Waals surface area contributed by atoms with Gasteiger partial charge in [-0.15, -0.1) is 0 Å². The third-order valence-electron chi connectivity index (χ3n) is 6.02. The number of sulfonamides is 1. The third-order valence-corrected chi connectivity index (χ3v) is 7.89. The number of aromatic amines is 1. The Hall–Kier alpha value is -2.59. The Kier molecular flexibility index (Phi) is 5.47. The molecule has 4 rings (SSSR count). The van der Waals surface area contributed by atoms with E-state index in [9.17, 15) is 21.6 Å². The molecule has 0 spiro atoms. The van der Waals surface area contributed by atoms with Crippen molar-refractivity contribution in [3.63, 3.8) is 0 Å². The van der Waals surface area contributed by atoms with E-state index in [4.69, 9.17) is 0 Å². The molecule has 1 aliphatic rings. The fourth-order valence-electron chi connectivity index (χ4n) is 4.14. The van der Waals surface area contributed by atoms with Crippen molar-refractivity contribution in [2.24, 2.45) is 5.92 Å². The lowest BCUT2D eigenvalue weighted by molar-refractivity contribution is -0.137. The highest BCUT2D eigenvalue weighted by atomic mass is 32.2. The number of rotatable bonds is 4. The molecule has 31 heavy (non-hydrogen) atoms. The van der Waals surface area contributed by atoms with E-state index in [2.05, 4.69) is 21.8 Å². The fraction of sp³-hybridized carbons (Fsp3) is 0.381. The lowest BCUT2D eigenvalue weighted by Crippen LogP contribution is -2.52. The zero-order valence-electron chi connectivity index (χ0n) is 17.1. The average molecular weight is 453 g/mol. The van der Waals surface area contributed by atoms with Crippen LogP contribution in [0.4, 0.5) is 18.9 Å². The van der Waals surface area contributed by atoms with E-state index in [0.717, 1.165) is 41.0 Å². The molecule has 3 heterocycles. The molecule has 1 fully saturated rings. The van der Waals surface area contributed by atoms with Gasteiger partial charge in [0.2, 0.25) is 10.0 Å². The molecule has 6 nitrogen and oxygen atoms in total. The summed E-state index contributed by atoms with van der Waals surface area (Å²) >= 11 is 0. The number of pyridine rings is 1. The van der Waals surface area contributed by atoms with Crippen LogP contribution in [0.15, 0.2) is 53.7 Å². The maximum absolute atomic E-state index is 13.1. The number of fused-ring (bicyclic) bond motifs is 1. The van der Waals surface area contributed by atoms with Crippen LogP contribution in [0.5, 0.6) is 0 Å². The summed E-state index contributed by atoms with van der Waals surface area (Å²) in [5, 5.41) is 0.944. The van der Waals surface area contributed by atoms with Crippen molar-refractivity contribution in [1.82, 2.24) is 14.3 Å². The molecule has 0 amide bonds. The number of hydrogen-bond acceptors (Lipinski definition) is 4. The van der Waals surface area contributed by atoms with E-state index < -0.39 is 21.8 Å². The monoisotopic (exact) mass is 452 g/mol. The summed E-state index contributed by atoms with van der Waals surface area (Å²) in [5.74, 6) is 0.228. The Morgan fingerprint density at radius 1 is 1.16 bits per heavy atom. The second kappa shape index (κ2) is 7.83. The minimum atomic E-state index is -4.51. The third kappa shape index (κ3) is 4.01. The van der Waals surface area contributed by atoms with E-state index >= 15 is 0 Å². The zero-order valence-corrected chi connectivity index (χ0v) is 17.9. The van der Waals surface area contributed by atoms with E-state index in [1.807, 2.05) is 19.2 Å². The van der Waals surface area contributed by atoms with E-state index in [1.54, 1.807) is 12.4 Å². The smallest absolute Gasteiger partial charge is 0.369 e. The van der Waals surface area contributed by atoms with Gasteiger partial charge in [0.1, 0.15) is 5.65 Å². The summed E-state index contributed by atoms with van der Waals surface area (Å²) in [4.78, 5) is 9.31. The first kappa shape index (κ1) is 21.6. The van der Waals surface area contributed by atoms with Crippen molar-refractivity contribution in [2.75, 3.05) is 25.0 Å². The number of likely N-dealkylation sites (N-methyl/N-ethyl adjacent to an activating group) is 1. The maximum atomic E-state index is 13.1. The highest BCUT2D eigenvalue weighted by Crippen LogP contribution is 2.33. The molecule has 1 N–H and O–H groups in total. The number of H-pyrrole nitrogens is 1. The lowest BCUT2D eigenvalue weighted by Gasteiger charge is -2.42. The molecule has 0 bridgehead atoms. The molecule has 1 unspecified atom stereocenters. The van der Waals surface area contributed by atoms with Crippen LogP contribution < -0.4 is 4.90 Å². The number of nitrogens with one attached hydrogen (secondary N) is 1. The second-order valence-electron chi connectivity index (χ2n) is 7.90. The van der Waals surface area contributed by atoms with Crippen molar-refractivity contribution in [3.05, 3.63) is 54.4 Å². The van der Waals surface area contributed by atoms with Crippen molar-refractivity contribution < 1.29 is 21.6 Å². The molecule has 0 saturated carbocycles. The first-order valence-electron chi connectivity index (χ1n) is 9.91. The topological polar surface area (TPSA) is 69.3 Å². The molecule has 3 aromatic rings. The van der Waals surface area contributed by atoms with Crippen LogP contribution in [0.1, 0.15) is 18.9 Å². The molecule has 1 aromatic carbocycles. The van der Waals surface area contributed by atoms with Crippen LogP contribution in [-0.4, -0.2) is 48.9 Å². The molecular formula is C21H23F3N4O2S. The molecule has 0 radical (unpaired) electrons. The van der Waals surface area contributed by atoms with E-state index in [-0.39, 0.29) is 23.4 Å². The minimum absolute atomic E-state index is 0.0986. The predicted octanol–water partition coefficient (Wildman–Crippen LogP) is 4.12. The van der Waals surface area contributed by atoms with Gasteiger partial charge in [-0.3, -0.25) is 0 Å². The number of hydrogen-bond donors (Lipinski definition) is 1. The van der Waals surface area contributed by atoms with Crippen LogP contribution in [0.3, 0.4) is 0 Å². The highest BCUT2D eigenvalue weighted by molar-refractivity contribution is 7.89. The SMILES string of the molecule is C[C@@H]1CCN(S(=O)(=O)c2ccc(C(F)(F)F)cc2)CC1N(C)c1ccnc2[nH]ccc12. The summed E-state index contributed by atoms with van der Waals surface area (Å²) in [6.45, 7) is 2.65. The summed E-state index contributed by atoms with van der Waals surface area (Å²) in [7, 11) is -1.98. The van der Waals surface area contributed by atoms with Gasteiger partial charge in [-0.2, -0.15) is 17.5 Å². The van der Waals surface area contributed by atoms with Crippen molar-refractivity contribution >= 4 is 26.7 Å². The van der Waals surface area contributed by atoms with Gasteiger partial charge in [-0.1, -0.05) is 6.92 Å². The minimum Gasteiger partial charge on any atom is -0.369 e. The molecule has 166 valence electrons. The van der Waals surface area contributed by atoms with Crippen LogP contribution in [0.2, 0.25) is 0 Å². The van der Waals surface area contributed by atoms with Crippen LogP contribution in [0, 0.1) is 5.92 Å². The second-order valence-corrected chi connectivity index (χ2v) is 9.84. The number of alkyl halides is 3. The number of piperidine rings is 1. The normalized spacial score (nSPS) is 20.8. The Morgan fingerprint density at radius 2 is 1.87 bits per heavy atom. The van der Waals surface area contributed by atoms with Gasteiger partial charge >= 0.3 is 6.18 Å². The van der Waals surface area contributed by atoms with Crippen molar-refractivity contribution in [2.45, 2.75) is 30.5 Å². The standard InChI is InChI=1S/C21H23F3N4O2S/c1-14-9-12-28(31(29,30)16-5-3-15(4-6-16)21(22,23)24)13-19(14)27(2)18-8-11-26-20-17(18)7-10-25-20/h3-8,10-11,14,19H,9,12-13H2,1-2H3,(H,25,26)/t14-,19?/m1/s1. The molecule has 2 atom stereocenters. The molecular weight excluding hydrogens is 429 g/mol. The van der Waals surface area contributed by atoms with Crippen LogP contribution in [0.25, 0.3) is 11.0 Å². The number of benzene rings is 1. The molecule has 1 aliphatic heterocycles. The van der Waals surface area contributed by atoms with Gasteiger partial charge < -0.3 is 9.88 Å². The van der Waals surface area contributed by atoms with E-state index in [1.165, 1.54) is 4.31 Å². The van der Waals surface area contributed by atoms with Crippen LogP contribution >= 0.6 is 0 Å². The fourth-order valence-corrected chi connectivity index (χ4v) is 5.61. The zero-order chi connectivity index (χ0) is 22.4. The Balaban J connectivity index is 1.60. The average Bonchev–Trinajstić information content (AvgIpc) is 3.22. The van der Waals surface area contributed by atoms with Crippen molar-refractivity contribution in [1.29, 1.82) is 0 Å². The number of halogens is 3. The van der Waals surface area contributed by atoms with Gasteiger partial charge in [0.15, 0.2) is 0 Å². The Labute approximate surface area is 178 Å². The molecule has 1 saturated heterocycles. The van der Waals surface area contributed by atoms with Crippen molar-refractivity contribution in [3.8, 4) is 0 Å². The number of nitrogens with zero attached hydrogens (tertiary/aromatic N) is 3. The Morgan fingerprint density at radius 3 is 2.55 bits per heavy atom. The lowest BCUT2D eigenvalue weighted by atomic mass is 9.93. The quantitative estimate of drug-likeness (QED) is 0.647. The highest BCUT2D eigenvalue weighted by Gasteiger charge is 2.37. The molecule has 10 heteroatoms. The van der Waals surface area contributed by atoms with Crippen LogP contribution in [-0.2, 0) is 16.2 Å². The van der Waals surface area contributed by atoms with E-state index in [0.29, 0.717) is 13.0 Å². The molecule has 2 aromatic heterocycles. The Bertz CT molecular complexity index is 1180. The summed E-state index contributed by atoms with van der Waals surface area (Å²) in [6, 6.07) is 7.40. The van der Waals surface area contributed by atoms with Gasteiger partial charge in [0.25, 0.3) is 0 Å². The number of aromatic nitrogens is 2.